The van der Waals surface area contributed by atoms with E-state index in [0.29, 0.717) is 5.92 Å². The molecular weight excluding hydrogens is 146 g/mol. The van der Waals surface area contributed by atoms with Crippen LogP contribution in [0.1, 0.15) is 18.1 Å². The molecular formula is C11H17N. The van der Waals surface area contributed by atoms with Gasteiger partial charge in [0, 0.05) is 0 Å². The van der Waals surface area contributed by atoms with Crippen LogP contribution in [0.5, 0.6) is 0 Å². The second-order valence-electron chi connectivity index (χ2n) is 3.53. The van der Waals surface area contributed by atoms with E-state index in [0.717, 1.165) is 13.0 Å². The van der Waals surface area contributed by atoms with Crippen molar-refractivity contribution in [2.45, 2.75) is 20.3 Å². The first kappa shape index (κ1) is 9.27. The second-order valence-corrected chi connectivity index (χ2v) is 3.53. The van der Waals surface area contributed by atoms with Crippen LogP contribution >= 0.6 is 0 Å². The third-order valence-corrected chi connectivity index (χ3v) is 2.07. The minimum absolute atomic E-state index is 0.590. The third kappa shape index (κ3) is 2.67. The van der Waals surface area contributed by atoms with Gasteiger partial charge in [0.25, 0.3) is 0 Å². The zero-order chi connectivity index (χ0) is 8.97. The largest absolute Gasteiger partial charge is 0.330 e. The fourth-order valence-corrected chi connectivity index (χ4v) is 1.32. The second kappa shape index (κ2) is 4.27. The first-order chi connectivity index (χ1) is 5.72. The Balaban J connectivity index is 2.63. The van der Waals surface area contributed by atoms with Gasteiger partial charge in [-0.25, -0.2) is 0 Å². The maximum Gasteiger partial charge on any atom is -0.00483 e. The summed E-state index contributed by atoms with van der Waals surface area (Å²) in [4.78, 5) is 0. The van der Waals surface area contributed by atoms with Crippen molar-refractivity contribution in [3.8, 4) is 0 Å². The smallest absolute Gasteiger partial charge is 0.00483 e. The van der Waals surface area contributed by atoms with Crippen LogP contribution in [0.3, 0.4) is 0 Å². The van der Waals surface area contributed by atoms with Crippen LogP contribution in [0.25, 0.3) is 0 Å². The highest BCUT2D eigenvalue weighted by molar-refractivity contribution is 5.22. The van der Waals surface area contributed by atoms with Gasteiger partial charge in [0.1, 0.15) is 0 Å². The topological polar surface area (TPSA) is 26.0 Å². The van der Waals surface area contributed by atoms with Gasteiger partial charge in [0.15, 0.2) is 0 Å². The molecule has 1 unspecified atom stereocenters. The molecule has 1 rings (SSSR count). The molecule has 1 nitrogen and oxygen atoms in total. The fraction of sp³-hybridized carbons (Fsp3) is 0.455. The van der Waals surface area contributed by atoms with E-state index >= 15 is 0 Å². The Bertz CT molecular complexity index is 243. The Kier molecular flexibility index (Phi) is 3.30. The molecule has 0 aliphatic rings. The van der Waals surface area contributed by atoms with Crippen molar-refractivity contribution in [3.05, 3.63) is 35.4 Å². The van der Waals surface area contributed by atoms with Gasteiger partial charge in [-0.2, -0.15) is 0 Å². The standard InChI is InChI=1S/C11H17N/c1-9-4-3-5-11(6-9)7-10(2)8-12/h3-6,10H,7-8,12H2,1-2H3. The van der Waals surface area contributed by atoms with E-state index in [9.17, 15) is 0 Å². The van der Waals surface area contributed by atoms with Crippen LogP contribution in [0.15, 0.2) is 24.3 Å². The molecule has 0 amide bonds. The Labute approximate surface area is 74.6 Å². The molecule has 0 saturated carbocycles. The van der Waals surface area contributed by atoms with E-state index < -0.39 is 0 Å². The summed E-state index contributed by atoms with van der Waals surface area (Å²) in [6.07, 6.45) is 1.10. The zero-order valence-corrected chi connectivity index (χ0v) is 7.88. The lowest BCUT2D eigenvalue weighted by atomic mass is 10.0. The highest BCUT2D eigenvalue weighted by atomic mass is 14.5. The highest BCUT2D eigenvalue weighted by Gasteiger charge is 2.00. The van der Waals surface area contributed by atoms with Gasteiger partial charge in [-0.1, -0.05) is 36.8 Å². The van der Waals surface area contributed by atoms with E-state index in [-0.39, 0.29) is 0 Å². The molecule has 0 aliphatic carbocycles. The van der Waals surface area contributed by atoms with Gasteiger partial charge >= 0.3 is 0 Å². The first-order valence-corrected chi connectivity index (χ1v) is 4.48. The molecule has 0 bridgehead atoms. The Morgan fingerprint density at radius 3 is 2.75 bits per heavy atom. The van der Waals surface area contributed by atoms with Gasteiger partial charge in [0.2, 0.25) is 0 Å². The lowest BCUT2D eigenvalue weighted by Crippen LogP contribution is -2.13. The Morgan fingerprint density at radius 2 is 2.17 bits per heavy atom. The van der Waals surface area contributed by atoms with Crippen LogP contribution < -0.4 is 5.73 Å². The van der Waals surface area contributed by atoms with Crippen molar-refractivity contribution in [2.75, 3.05) is 6.54 Å². The molecule has 0 heterocycles. The summed E-state index contributed by atoms with van der Waals surface area (Å²) in [6.45, 7) is 5.08. The molecule has 0 radical (unpaired) electrons. The van der Waals surface area contributed by atoms with Crippen LogP contribution in [-0.4, -0.2) is 6.54 Å². The lowest BCUT2D eigenvalue weighted by molar-refractivity contribution is 0.593. The van der Waals surface area contributed by atoms with Gasteiger partial charge in [-0.3, -0.25) is 0 Å². The van der Waals surface area contributed by atoms with E-state index in [4.69, 9.17) is 5.73 Å². The normalized spacial score (nSPS) is 12.9. The molecule has 1 aromatic rings. The number of aryl methyl sites for hydroxylation is 1. The SMILES string of the molecule is Cc1cccc(CC(C)CN)c1. The maximum atomic E-state index is 5.56. The van der Waals surface area contributed by atoms with E-state index in [1.165, 1.54) is 11.1 Å². The summed E-state index contributed by atoms with van der Waals surface area (Å²) in [5.41, 5.74) is 8.28. The highest BCUT2D eigenvalue weighted by Crippen LogP contribution is 2.09. The van der Waals surface area contributed by atoms with Crippen LogP contribution in [0, 0.1) is 12.8 Å². The molecule has 0 spiro atoms. The average molecular weight is 163 g/mol. The zero-order valence-electron chi connectivity index (χ0n) is 7.88. The summed E-state index contributed by atoms with van der Waals surface area (Å²) in [5, 5.41) is 0. The van der Waals surface area contributed by atoms with E-state index in [1.54, 1.807) is 0 Å². The minimum Gasteiger partial charge on any atom is -0.330 e. The lowest BCUT2D eigenvalue weighted by Gasteiger charge is -2.08. The van der Waals surface area contributed by atoms with Gasteiger partial charge in [-0.05, 0) is 31.4 Å². The van der Waals surface area contributed by atoms with Gasteiger partial charge in [0.05, 0.1) is 0 Å². The first-order valence-electron chi connectivity index (χ1n) is 4.48. The molecule has 1 heteroatoms. The molecule has 0 saturated heterocycles. The molecule has 66 valence electrons. The van der Waals surface area contributed by atoms with Crippen LogP contribution in [0.2, 0.25) is 0 Å². The van der Waals surface area contributed by atoms with Gasteiger partial charge < -0.3 is 5.73 Å². The van der Waals surface area contributed by atoms with Crippen molar-refractivity contribution in [1.29, 1.82) is 0 Å². The van der Waals surface area contributed by atoms with E-state index in [2.05, 4.69) is 38.1 Å². The Morgan fingerprint density at radius 1 is 1.42 bits per heavy atom. The molecule has 0 aliphatic heterocycles. The maximum absolute atomic E-state index is 5.56. The molecule has 1 aromatic carbocycles. The minimum atomic E-state index is 0.590. The summed E-state index contributed by atoms with van der Waals surface area (Å²) in [5.74, 6) is 0.590. The number of hydrogen-bond donors (Lipinski definition) is 1. The molecule has 0 fully saturated rings. The average Bonchev–Trinajstić information content (AvgIpc) is 2.04. The van der Waals surface area contributed by atoms with Crippen LogP contribution in [0.4, 0.5) is 0 Å². The molecule has 1 atom stereocenters. The summed E-state index contributed by atoms with van der Waals surface area (Å²) < 4.78 is 0. The Hall–Kier alpha value is -0.820. The predicted octanol–water partition coefficient (Wildman–Crippen LogP) is 2.13. The van der Waals surface area contributed by atoms with Crippen molar-refractivity contribution in [1.82, 2.24) is 0 Å². The number of hydrogen-bond acceptors (Lipinski definition) is 1. The van der Waals surface area contributed by atoms with Crippen molar-refractivity contribution < 1.29 is 0 Å². The summed E-state index contributed by atoms with van der Waals surface area (Å²) >= 11 is 0. The number of nitrogens with two attached hydrogens (primary N) is 1. The van der Waals surface area contributed by atoms with E-state index in [1.807, 2.05) is 0 Å². The third-order valence-electron chi connectivity index (χ3n) is 2.07. The molecule has 12 heavy (non-hydrogen) atoms. The fourth-order valence-electron chi connectivity index (χ4n) is 1.32. The number of rotatable bonds is 3. The quantitative estimate of drug-likeness (QED) is 0.725. The van der Waals surface area contributed by atoms with Gasteiger partial charge in [-0.15, -0.1) is 0 Å². The van der Waals surface area contributed by atoms with Crippen LogP contribution in [-0.2, 0) is 6.42 Å². The van der Waals surface area contributed by atoms with Crippen molar-refractivity contribution >= 4 is 0 Å². The number of benzene rings is 1. The summed E-state index contributed by atoms with van der Waals surface area (Å²) in [7, 11) is 0. The molecule has 2 N–H and O–H groups in total. The van der Waals surface area contributed by atoms with Crippen molar-refractivity contribution in [2.24, 2.45) is 11.7 Å². The predicted molar refractivity (Wildman–Crippen MR) is 53.1 cm³/mol. The molecule has 0 aromatic heterocycles. The summed E-state index contributed by atoms with van der Waals surface area (Å²) in [6, 6.07) is 8.62. The monoisotopic (exact) mass is 163 g/mol. The van der Waals surface area contributed by atoms with Crippen molar-refractivity contribution in [3.63, 3.8) is 0 Å².